The molecule has 2 heterocycles. The van der Waals surface area contributed by atoms with Crippen LogP contribution in [0.1, 0.15) is 24.3 Å². The molecule has 1 aliphatic rings. The summed E-state index contributed by atoms with van der Waals surface area (Å²) < 4.78 is 28.3. The van der Waals surface area contributed by atoms with Crippen molar-refractivity contribution in [2.45, 2.75) is 23.9 Å². The number of anilines is 1. The van der Waals surface area contributed by atoms with Crippen LogP contribution in [0.3, 0.4) is 0 Å². The van der Waals surface area contributed by atoms with Crippen LogP contribution in [0.25, 0.3) is 15.9 Å². The van der Waals surface area contributed by atoms with E-state index >= 15 is 0 Å². The highest BCUT2D eigenvalue weighted by atomic mass is 32.2. The maximum Gasteiger partial charge on any atom is 0.267 e. The number of amides is 1. The summed E-state index contributed by atoms with van der Waals surface area (Å²) in [6.07, 6.45) is 2.15. The molecule has 1 amide bonds. The Hall–Kier alpha value is -3.04. The number of nitrogens with zero attached hydrogens (tertiary/aromatic N) is 2. The molecule has 0 spiro atoms. The Bertz CT molecular complexity index is 1360. The summed E-state index contributed by atoms with van der Waals surface area (Å²) in [5.74, 6) is -1.68. The van der Waals surface area contributed by atoms with Crippen LogP contribution < -0.4 is 10.9 Å². The van der Waals surface area contributed by atoms with E-state index in [1.54, 1.807) is 0 Å². The number of carbonyl (C=O) groups is 1. The molecule has 5 nitrogen and oxygen atoms in total. The number of carbonyl (C=O) groups excluding carboxylic acids is 1. The first-order valence-electron chi connectivity index (χ1n) is 9.98. The summed E-state index contributed by atoms with van der Waals surface area (Å²) in [5.41, 5.74) is 1.59. The number of fused-ring (bicyclic) bond motifs is 1. The average molecular weight is 470 g/mol. The first-order chi connectivity index (χ1) is 15.5. The third-order valence-corrected chi connectivity index (χ3v) is 6.94. The number of thioether (sulfide) groups is 1. The number of benzene rings is 2. The Morgan fingerprint density at radius 3 is 2.56 bits per heavy atom. The second-order valence-corrected chi connectivity index (χ2v) is 9.31. The molecule has 9 heteroatoms. The van der Waals surface area contributed by atoms with Crippen LogP contribution in [-0.4, -0.2) is 21.2 Å². The lowest BCUT2D eigenvalue weighted by atomic mass is 10.1. The normalized spacial score (nSPS) is 13.4. The van der Waals surface area contributed by atoms with Crippen LogP contribution in [0, 0.1) is 11.6 Å². The van der Waals surface area contributed by atoms with Crippen molar-refractivity contribution in [1.82, 2.24) is 9.55 Å². The summed E-state index contributed by atoms with van der Waals surface area (Å²) in [7, 11) is 0. The molecule has 1 fully saturated rings. The number of hydrogen-bond acceptors (Lipinski definition) is 5. The minimum Gasteiger partial charge on any atom is -0.325 e. The maximum absolute atomic E-state index is 13.5. The van der Waals surface area contributed by atoms with Gasteiger partial charge in [-0.3, -0.25) is 14.2 Å². The first-order valence-corrected chi connectivity index (χ1v) is 11.8. The molecule has 2 aromatic heterocycles. The number of rotatable bonds is 6. The monoisotopic (exact) mass is 469 g/mol. The zero-order chi connectivity index (χ0) is 22.2. The van der Waals surface area contributed by atoms with Crippen LogP contribution in [0.2, 0.25) is 0 Å². The van der Waals surface area contributed by atoms with Crippen LogP contribution in [0.5, 0.6) is 0 Å². The molecule has 0 aliphatic heterocycles. The van der Waals surface area contributed by atoms with E-state index in [1.165, 1.54) is 15.9 Å². The lowest BCUT2D eigenvalue weighted by Gasteiger charge is -2.12. The predicted molar refractivity (Wildman–Crippen MR) is 123 cm³/mol. The molecule has 1 aliphatic carbocycles. The van der Waals surface area contributed by atoms with Crippen molar-refractivity contribution in [1.29, 1.82) is 0 Å². The van der Waals surface area contributed by atoms with Gasteiger partial charge in [0.25, 0.3) is 5.56 Å². The van der Waals surface area contributed by atoms with E-state index in [-0.39, 0.29) is 17.0 Å². The highest BCUT2D eigenvalue weighted by molar-refractivity contribution is 7.99. The number of halogens is 2. The molecule has 0 atom stereocenters. The topological polar surface area (TPSA) is 64.0 Å². The van der Waals surface area contributed by atoms with Gasteiger partial charge in [-0.2, -0.15) is 0 Å². The second-order valence-electron chi connectivity index (χ2n) is 7.51. The molecule has 0 bridgehead atoms. The van der Waals surface area contributed by atoms with E-state index in [1.807, 2.05) is 35.7 Å². The van der Waals surface area contributed by atoms with Crippen LogP contribution in [-0.2, 0) is 4.79 Å². The molecule has 4 aromatic rings. The van der Waals surface area contributed by atoms with E-state index in [0.717, 1.165) is 48.4 Å². The molecule has 1 saturated carbocycles. The molecular weight excluding hydrogens is 452 g/mol. The van der Waals surface area contributed by atoms with E-state index in [9.17, 15) is 18.4 Å². The van der Waals surface area contributed by atoms with Gasteiger partial charge in [0.15, 0.2) is 5.16 Å². The van der Waals surface area contributed by atoms with Crippen molar-refractivity contribution >= 4 is 44.9 Å². The zero-order valence-corrected chi connectivity index (χ0v) is 18.3. The van der Waals surface area contributed by atoms with Gasteiger partial charge < -0.3 is 5.32 Å². The Morgan fingerprint density at radius 1 is 1.16 bits per heavy atom. The molecular formula is C23H17F2N3O2S2. The van der Waals surface area contributed by atoms with Gasteiger partial charge in [0.2, 0.25) is 5.91 Å². The number of thiophene rings is 1. The number of para-hydroxylation sites is 1. The lowest BCUT2D eigenvalue weighted by Crippen LogP contribution is -2.23. The molecule has 2 aromatic carbocycles. The van der Waals surface area contributed by atoms with Crippen LogP contribution >= 0.6 is 23.1 Å². The lowest BCUT2D eigenvalue weighted by molar-refractivity contribution is -0.113. The summed E-state index contributed by atoms with van der Waals surface area (Å²) in [6, 6.07) is 12.0. The fourth-order valence-electron chi connectivity index (χ4n) is 3.54. The summed E-state index contributed by atoms with van der Waals surface area (Å²) in [6.45, 7) is 0. The quantitative estimate of drug-likeness (QED) is 0.306. The SMILES string of the molecule is O=C(CSc1nc2scc(C3CC3)c2c(=O)n1-c1ccccc1)Nc1cc(F)cc(F)c1. The van der Waals surface area contributed by atoms with Gasteiger partial charge in [-0.1, -0.05) is 30.0 Å². The van der Waals surface area contributed by atoms with Crippen molar-refractivity contribution in [3.8, 4) is 5.69 Å². The van der Waals surface area contributed by atoms with Crippen molar-refractivity contribution in [3.63, 3.8) is 0 Å². The van der Waals surface area contributed by atoms with E-state index in [4.69, 9.17) is 4.98 Å². The third-order valence-electron chi connectivity index (χ3n) is 5.12. The maximum atomic E-state index is 13.5. The molecule has 5 rings (SSSR count). The van der Waals surface area contributed by atoms with Crippen LogP contribution in [0.4, 0.5) is 14.5 Å². The van der Waals surface area contributed by atoms with Gasteiger partial charge in [-0.25, -0.2) is 13.8 Å². The van der Waals surface area contributed by atoms with Gasteiger partial charge in [0.1, 0.15) is 16.5 Å². The van der Waals surface area contributed by atoms with E-state index < -0.39 is 17.5 Å². The van der Waals surface area contributed by atoms with E-state index in [0.29, 0.717) is 27.0 Å². The second kappa shape index (κ2) is 8.48. The van der Waals surface area contributed by atoms with Gasteiger partial charge in [-0.05, 0) is 54.0 Å². The Labute approximate surface area is 190 Å². The van der Waals surface area contributed by atoms with Gasteiger partial charge in [0, 0.05) is 11.8 Å². The zero-order valence-electron chi connectivity index (χ0n) is 16.7. The molecule has 0 radical (unpaired) electrons. The molecule has 162 valence electrons. The molecule has 32 heavy (non-hydrogen) atoms. The Balaban J connectivity index is 1.47. The number of hydrogen-bond donors (Lipinski definition) is 1. The largest absolute Gasteiger partial charge is 0.325 e. The van der Waals surface area contributed by atoms with Crippen molar-refractivity contribution in [2.75, 3.05) is 11.1 Å². The van der Waals surface area contributed by atoms with Crippen molar-refractivity contribution < 1.29 is 13.6 Å². The Kier molecular flexibility index (Phi) is 5.52. The van der Waals surface area contributed by atoms with Crippen molar-refractivity contribution in [2.24, 2.45) is 0 Å². The molecule has 0 saturated heterocycles. The van der Waals surface area contributed by atoms with Gasteiger partial charge in [-0.15, -0.1) is 11.3 Å². The number of nitrogens with one attached hydrogen (secondary N) is 1. The molecule has 0 unspecified atom stereocenters. The molecule has 1 N–H and O–H groups in total. The third kappa shape index (κ3) is 4.18. The summed E-state index contributed by atoms with van der Waals surface area (Å²) in [5, 5.41) is 5.52. The fraction of sp³-hybridized carbons (Fsp3) is 0.174. The van der Waals surface area contributed by atoms with Gasteiger partial charge >= 0.3 is 0 Å². The predicted octanol–water partition coefficient (Wildman–Crippen LogP) is 5.33. The van der Waals surface area contributed by atoms with Gasteiger partial charge in [0.05, 0.1) is 16.8 Å². The summed E-state index contributed by atoms with van der Waals surface area (Å²) >= 11 is 2.53. The summed E-state index contributed by atoms with van der Waals surface area (Å²) in [4.78, 5) is 31.3. The highest BCUT2D eigenvalue weighted by Crippen LogP contribution is 2.44. The van der Waals surface area contributed by atoms with Crippen molar-refractivity contribution in [3.05, 3.63) is 81.5 Å². The average Bonchev–Trinajstić information content (AvgIpc) is 3.51. The first kappa shape index (κ1) is 20.8. The van der Waals surface area contributed by atoms with E-state index in [2.05, 4.69) is 5.32 Å². The highest BCUT2D eigenvalue weighted by Gasteiger charge is 2.29. The van der Waals surface area contributed by atoms with Crippen LogP contribution in [0.15, 0.2) is 63.9 Å². The fourth-order valence-corrected chi connectivity index (χ4v) is 5.42. The number of aromatic nitrogens is 2. The standard InChI is InChI=1S/C23H17F2N3O2S2/c24-14-8-15(25)10-16(9-14)26-19(29)12-32-23-27-21-20(18(11-31-21)13-6-7-13)22(30)28(23)17-4-2-1-3-5-17/h1-5,8-11,13H,6-7,12H2,(H,26,29). The minimum atomic E-state index is -0.776. The minimum absolute atomic E-state index is 0.0318. The Morgan fingerprint density at radius 2 is 1.88 bits per heavy atom. The smallest absolute Gasteiger partial charge is 0.267 e.